The van der Waals surface area contributed by atoms with Gasteiger partial charge in [-0.05, 0) is 19.3 Å². The van der Waals surface area contributed by atoms with E-state index in [1.54, 1.807) is 6.92 Å². The highest BCUT2D eigenvalue weighted by Gasteiger charge is 2.10. The second kappa shape index (κ2) is 10.8. The number of carboxylic acids is 1. The number of nitrogens with one attached hydrogen (secondary N) is 2. The smallest absolute Gasteiger partial charge is 0.314 e. The monoisotopic (exact) mass is 260 g/mol. The van der Waals surface area contributed by atoms with Crippen molar-refractivity contribution in [2.45, 2.75) is 33.1 Å². The van der Waals surface area contributed by atoms with Crippen LogP contribution in [-0.2, 0) is 9.53 Å². The average molecular weight is 260 g/mol. The lowest BCUT2D eigenvalue weighted by atomic mass is 10.1. The van der Waals surface area contributed by atoms with Gasteiger partial charge in [-0.25, -0.2) is 4.79 Å². The second-order valence-electron chi connectivity index (χ2n) is 4.18. The number of ether oxygens (including phenoxy) is 1. The second-order valence-corrected chi connectivity index (χ2v) is 4.18. The maximum absolute atomic E-state index is 11.3. The molecule has 0 aliphatic heterocycles. The van der Waals surface area contributed by atoms with Crippen molar-refractivity contribution in [3.63, 3.8) is 0 Å². The molecule has 0 rings (SSSR count). The highest BCUT2D eigenvalue weighted by Crippen LogP contribution is 1.99. The lowest BCUT2D eigenvalue weighted by Crippen LogP contribution is -2.37. The summed E-state index contributed by atoms with van der Waals surface area (Å²) in [7, 11) is 0. The van der Waals surface area contributed by atoms with E-state index in [-0.39, 0.29) is 6.03 Å². The lowest BCUT2D eigenvalue weighted by molar-refractivity contribution is -0.141. The first-order chi connectivity index (χ1) is 8.57. The summed E-state index contributed by atoms with van der Waals surface area (Å²) in [6, 6.07) is -0.261. The quantitative estimate of drug-likeness (QED) is 0.515. The molecule has 1 unspecified atom stereocenters. The Morgan fingerprint density at radius 3 is 2.50 bits per heavy atom. The van der Waals surface area contributed by atoms with E-state index in [0.29, 0.717) is 26.1 Å². The molecule has 3 N–H and O–H groups in total. The highest BCUT2D eigenvalue weighted by atomic mass is 16.5. The van der Waals surface area contributed by atoms with Gasteiger partial charge in [-0.2, -0.15) is 0 Å². The lowest BCUT2D eigenvalue weighted by Gasteiger charge is -2.09. The van der Waals surface area contributed by atoms with Crippen molar-refractivity contribution < 1.29 is 19.4 Å². The maximum atomic E-state index is 11.3. The number of carbonyl (C=O) groups excluding carboxylic acids is 1. The van der Waals surface area contributed by atoms with E-state index in [9.17, 15) is 9.59 Å². The maximum Gasteiger partial charge on any atom is 0.314 e. The van der Waals surface area contributed by atoms with Crippen molar-refractivity contribution in [3.8, 4) is 0 Å². The molecule has 0 radical (unpaired) electrons. The van der Waals surface area contributed by atoms with Crippen LogP contribution in [0.4, 0.5) is 4.79 Å². The van der Waals surface area contributed by atoms with Gasteiger partial charge in [0.1, 0.15) is 0 Å². The Morgan fingerprint density at radius 1 is 1.22 bits per heavy atom. The fourth-order valence-corrected chi connectivity index (χ4v) is 1.21. The third kappa shape index (κ3) is 9.89. The summed E-state index contributed by atoms with van der Waals surface area (Å²) in [4.78, 5) is 21.8. The van der Waals surface area contributed by atoms with E-state index < -0.39 is 11.9 Å². The zero-order valence-electron chi connectivity index (χ0n) is 11.2. The van der Waals surface area contributed by atoms with Crippen LogP contribution >= 0.6 is 0 Å². The van der Waals surface area contributed by atoms with Crippen molar-refractivity contribution in [2.75, 3.05) is 26.3 Å². The van der Waals surface area contributed by atoms with Crippen LogP contribution in [0.3, 0.4) is 0 Å². The number of aliphatic carboxylic acids is 1. The predicted molar refractivity (Wildman–Crippen MR) is 68.5 cm³/mol. The van der Waals surface area contributed by atoms with Gasteiger partial charge < -0.3 is 20.5 Å². The molecule has 0 aliphatic rings. The predicted octanol–water partition coefficient (Wildman–Crippen LogP) is 1.21. The summed E-state index contributed by atoms with van der Waals surface area (Å²) in [6.07, 6.45) is 2.21. The molecule has 18 heavy (non-hydrogen) atoms. The van der Waals surface area contributed by atoms with Crippen LogP contribution in [-0.4, -0.2) is 43.4 Å². The summed E-state index contributed by atoms with van der Waals surface area (Å²) in [5.41, 5.74) is 0. The zero-order valence-corrected chi connectivity index (χ0v) is 11.2. The fraction of sp³-hybridized carbons (Fsp3) is 0.833. The largest absolute Gasteiger partial charge is 0.481 e. The van der Waals surface area contributed by atoms with E-state index in [2.05, 4.69) is 10.6 Å². The minimum Gasteiger partial charge on any atom is -0.481 e. The van der Waals surface area contributed by atoms with Crippen LogP contribution in [0.1, 0.15) is 33.1 Å². The highest BCUT2D eigenvalue weighted by molar-refractivity contribution is 5.74. The third-order valence-corrected chi connectivity index (χ3v) is 2.38. The molecule has 0 aliphatic carbocycles. The number of hydrogen-bond acceptors (Lipinski definition) is 3. The molecule has 6 heteroatoms. The van der Waals surface area contributed by atoms with Crippen LogP contribution in [0, 0.1) is 5.92 Å². The first kappa shape index (κ1) is 16.7. The van der Waals surface area contributed by atoms with Gasteiger partial charge in [-0.3, -0.25) is 4.79 Å². The average Bonchev–Trinajstić information content (AvgIpc) is 2.33. The van der Waals surface area contributed by atoms with E-state index in [4.69, 9.17) is 9.84 Å². The molecule has 0 spiro atoms. The van der Waals surface area contributed by atoms with Gasteiger partial charge in [-0.1, -0.05) is 13.8 Å². The van der Waals surface area contributed by atoms with Crippen LogP contribution < -0.4 is 10.6 Å². The Balaban J connectivity index is 3.35. The molecule has 2 amide bonds. The minimum absolute atomic E-state index is 0.261. The molecule has 0 fully saturated rings. The Hall–Kier alpha value is -1.30. The molecule has 0 aromatic rings. The summed E-state index contributed by atoms with van der Waals surface area (Å²) >= 11 is 0. The van der Waals surface area contributed by atoms with Gasteiger partial charge in [0, 0.05) is 26.3 Å². The Labute approximate surface area is 108 Å². The van der Waals surface area contributed by atoms with Crippen molar-refractivity contribution in [1.29, 1.82) is 0 Å². The molecule has 6 nitrogen and oxygen atoms in total. The molecular weight excluding hydrogens is 236 g/mol. The topological polar surface area (TPSA) is 87.7 Å². The number of urea groups is 1. The first-order valence-electron chi connectivity index (χ1n) is 6.40. The van der Waals surface area contributed by atoms with E-state index >= 15 is 0 Å². The van der Waals surface area contributed by atoms with E-state index in [1.165, 1.54) is 0 Å². The normalized spacial score (nSPS) is 11.9. The zero-order chi connectivity index (χ0) is 13.8. The molecule has 0 aromatic heterocycles. The number of carbonyl (C=O) groups is 2. The summed E-state index contributed by atoms with van der Waals surface area (Å²) in [6.45, 7) is 5.98. The molecule has 0 saturated carbocycles. The van der Waals surface area contributed by atoms with Gasteiger partial charge in [0.25, 0.3) is 0 Å². The summed E-state index contributed by atoms with van der Waals surface area (Å²) in [5.74, 6) is -1.28. The van der Waals surface area contributed by atoms with Gasteiger partial charge in [0.15, 0.2) is 0 Å². The van der Waals surface area contributed by atoms with Crippen molar-refractivity contribution in [1.82, 2.24) is 10.6 Å². The van der Waals surface area contributed by atoms with Gasteiger partial charge in [0.2, 0.25) is 0 Å². The summed E-state index contributed by atoms with van der Waals surface area (Å²) in [5, 5.41) is 14.0. The first-order valence-corrected chi connectivity index (χ1v) is 6.40. The van der Waals surface area contributed by atoms with Crippen LogP contribution in [0.2, 0.25) is 0 Å². The van der Waals surface area contributed by atoms with Crippen molar-refractivity contribution in [2.24, 2.45) is 5.92 Å². The Kier molecular flexibility index (Phi) is 10.0. The van der Waals surface area contributed by atoms with Crippen LogP contribution in [0.15, 0.2) is 0 Å². The Bertz CT molecular complexity index is 246. The van der Waals surface area contributed by atoms with E-state index in [1.807, 2.05) is 6.92 Å². The molecule has 0 heterocycles. The number of rotatable bonds is 10. The van der Waals surface area contributed by atoms with Gasteiger partial charge in [-0.15, -0.1) is 0 Å². The molecular formula is C12H24N2O4. The number of hydrogen-bond donors (Lipinski definition) is 3. The SMILES string of the molecule is CCCOCCCNC(=O)NCCC(C)C(=O)O. The number of amides is 2. The van der Waals surface area contributed by atoms with E-state index in [0.717, 1.165) is 19.4 Å². The molecule has 106 valence electrons. The van der Waals surface area contributed by atoms with Crippen molar-refractivity contribution in [3.05, 3.63) is 0 Å². The van der Waals surface area contributed by atoms with Crippen LogP contribution in [0.5, 0.6) is 0 Å². The van der Waals surface area contributed by atoms with Gasteiger partial charge >= 0.3 is 12.0 Å². The molecule has 0 saturated heterocycles. The minimum atomic E-state index is -0.842. The fourth-order valence-electron chi connectivity index (χ4n) is 1.21. The Morgan fingerprint density at radius 2 is 1.89 bits per heavy atom. The molecule has 0 aromatic carbocycles. The third-order valence-electron chi connectivity index (χ3n) is 2.38. The van der Waals surface area contributed by atoms with Crippen LogP contribution in [0.25, 0.3) is 0 Å². The number of carboxylic acid groups (broad SMARTS) is 1. The summed E-state index contributed by atoms with van der Waals surface area (Å²) < 4.78 is 5.27. The standard InChI is InChI=1S/C12H24N2O4/c1-3-8-18-9-4-6-13-12(17)14-7-5-10(2)11(15)16/h10H,3-9H2,1-2H3,(H,15,16)(H2,13,14,17). The molecule has 0 bridgehead atoms. The van der Waals surface area contributed by atoms with Gasteiger partial charge in [0.05, 0.1) is 5.92 Å². The molecule has 1 atom stereocenters. The van der Waals surface area contributed by atoms with Crippen molar-refractivity contribution >= 4 is 12.0 Å².